The molecule has 3 aromatic rings. The summed E-state index contributed by atoms with van der Waals surface area (Å²) in [5.74, 6) is -4.10. The summed E-state index contributed by atoms with van der Waals surface area (Å²) in [4.78, 5) is 10.9. The molecule has 0 aliphatic heterocycles. The molecule has 1 aliphatic carbocycles. The Hall–Kier alpha value is -3.61. The van der Waals surface area contributed by atoms with Gasteiger partial charge in [0.15, 0.2) is 0 Å². The summed E-state index contributed by atoms with van der Waals surface area (Å²) >= 11 is 0. The lowest BCUT2D eigenvalue weighted by Crippen LogP contribution is -2.27. The highest BCUT2D eigenvalue weighted by atomic mass is 32.2. The van der Waals surface area contributed by atoms with Crippen molar-refractivity contribution < 1.29 is 40.6 Å². The monoisotopic (exact) mass is 541 g/mol. The fourth-order valence-corrected chi connectivity index (χ4v) is 5.40. The maximum atomic E-state index is 14.1. The normalized spacial score (nSPS) is 18.4. The Kier molecular flexibility index (Phi) is 7.18. The second kappa shape index (κ2) is 10.0. The molecule has 0 spiro atoms. The molecule has 4 rings (SSSR count). The van der Waals surface area contributed by atoms with Crippen LogP contribution in [-0.2, 0) is 10.0 Å². The zero-order valence-electron chi connectivity index (χ0n) is 19.5. The average Bonchev–Trinajstić information content (AvgIpc) is 3.35. The van der Waals surface area contributed by atoms with Crippen molar-refractivity contribution in [2.24, 2.45) is 5.92 Å². The first-order valence-corrected chi connectivity index (χ1v) is 12.7. The summed E-state index contributed by atoms with van der Waals surface area (Å²) < 4.78 is 87.1. The minimum atomic E-state index is -4.24. The largest absolute Gasteiger partial charge is 0.495 e. The molecule has 0 atom stereocenters. The number of methoxy groups -OCH3 is 1. The first kappa shape index (κ1) is 26.5. The smallest absolute Gasteiger partial charge is 0.391 e. The Morgan fingerprint density at radius 3 is 2.35 bits per heavy atom. The zero-order valence-corrected chi connectivity index (χ0v) is 20.3. The Labute approximate surface area is 209 Å². The van der Waals surface area contributed by atoms with Crippen LogP contribution in [0.4, 0.5) is 23.2 Å². The van der Waals surface area contributed by atoms with Crippen LogP contribution < -0.4 is 9.46 Å². The highest BCUT2D eigenvalue weighted by Crippen LogP contribution is 2.43. The number of hydrogen-bond donors (Lipinski definition) is 2. The maximum Gasteiger partial charge on any atom is 0.391 e. The maximum absolute atomic E-state index is 14.1. The Morgan fingerprint density at radius 2 is 1.78 bits per heavy atom. The van der Waals surface area contributed by atoms with Crippen molar-refractivity contribution in [1.82, 2.24) is 9.78 Å². The van der Waals surface area contributed by atoms with Crippen LogP contribution in [0, 0.1) is 11.7 Å². The number of aromatic nitrogens is 2. The quantitative estimate of drug-likeness (QED) is 0.390. The van der Waals surface area contributed by atoms with E-state index in [0.717, 1.165) is 17.8 Å². The van der Waals surface area contributed by atoms with Gasteiger partial charge >= 0.3 is 12.1 Å². The third-order valence-electron chi connectivity index (χ3n) is 6.45. The van der Waals surface area contributed by atoms with Gasteiger partial charge in [-0.1, -0.05) is 12.1 Å². The number of alkyl halides is 3. The van der Waals surface area contributed by atoms with Crippen molar-refractivity contribution in [2.45, 2.75) is 42.7 Å². The minimum absolute atomic E-state index is 0.0216. The molecular weight excluding hydrogens is 518 g/mol. The first-order valence-electron chi connectivity index (χ1n) is 11.2. The molecule has 0 saturated heterocycles. The SMILES string of the molecule is COc1cc(C(=O)O)c(F)cc1NS(=O)(=O)c1cnn(-c2ccc([C@H]3CC[C@H](C(F)(F)F)CC3)cc2)c1. The van der Waals surface area contributed by atoms with E-state index in [2.05, 4.69) is 9.82 Å². The van der Waals surface area contributed by atoms with E-state index in [4.69, 9.17) is 9.84 Å². The van der Waals surface area contributed by atoms with Gasteiger partial charge in [0.1, 0.15) is 16.5 Å². The van der Waals surface area contributed by atoms with Crippen molar-refractivity contribution in [2.75, 3.05) is 11.8 Å². The lowest BCUT2D eigenvalue weighted by Gasteiger charge is -2.30. The van der Waals surface area contributed by atoms with Crippen molar-refractivity contribution in [3.05, 3.63) is 65.7 Å². The number of anilines is 1. The standard InChI is InChI=1S/C24H23F4N3O5S/c1-36-22-10-19(23(32)33)20(25)11-21(22)30-37(34,35)18-12-29-31(13-18)17-8-4-15(5-9-17)14-2-6-16(7-3-14)24(26,27)28/h4-5,8-14,16,30H,2-3,6-7H2,1H3,(H,32,33)/t14-,16-. The number of halogens is 4. The molecule has 0 bridgehead atoms. The number of nitrogens with one attached hydrogen (secondary N) is 1. The van der Waals surface area contributed by atoms with Gasteiger partial charge in [-0.3, -0.25) is 4.72 Å². The molecule has 0 amide bonds. The third kappa shape index (κ3) is 5.71. The fourth-order valence-electron chi connectivity index (χ4n) is 4.41. The van der Waals surface area contributed by atoms with Crippen LogP contribution in [0.3, 0.4) is 0 Å². The van der Waals surface area contributed by atoms with Crippen LogP contribution in [0.2, 0.25) is 0 Å². The molecule has 1 heterocycles. The molecule has 2 N–H and O–H groups in total. The molecule has 8 nitrogen and oxygen atoms in total. The molecular formula is C24H23F4N3O5S. The van der Waals surface area contributed by atoms with E-state index < -0.39 is 39.5 Å². The van der Waals surface area contributed by atoms with Gasteiger partial charge in [-0.15, -0.1) is 0 Å². The summed E-state index contributed by atoms with van der Waals surface area (Å²) in [6, 6.07) is 8.57. The van der Waals surface area contributed by atoms with Gasteiger partial charge in [-0.25, -0.2) is 22.3 Å². The Bertz CT molecular complexity index is 1400. The van der Waals surface area contributed by atoms with E-state index in [1.165, 1.54) is 18.0 Å². The molecule has 1 saturated carbocycles. The Balaban J connectivity index is 1.49. The molecule has 0 unspecified atom stereocenters. The van der Waals surface area contributed by atoms with Gasteiger partial charge in [-0.05, 0) is 55.4 Å². The third-order valence-corrected chi connectivity index (χ3v) is 7.77. The van der Waals surface area contributed by atoms with Crippen LogP contribution in [0.1, 0.15) is 47.5 Å². The second-order valence-corrected chi connectivity index (χ2v) is 10.4. The van der Waals surface area contributed by atoms with E-state index in [9.17, 15) is 30.8 Å². The molecule has 13 heteroatoms. The molecule has 0 radical (unpaired) electrons. The summed E-state index contributed by atoms with van der Waals surface area (Å²) in [6.45, 7) is 0. The van der Waals surface area contributed by atoms with Gasteiger partial charge in [0.2, 0.25) is 0 Å². The predicted octanol–water partition coefficient (Wildman–Crippen LogP) is 5.36. The van der Waals surface area contributed by atoms with Crippen LogP contribution in [0.15, 0.2) is 53.7 Å². The van der Waals surface area contributed by atoms with Crippen LogP contribution in [0.5, 0.6) is 5.75 Å². The van der Waals surface area contributed by atoms with E-state index >= 15 is 0 Å². The molecule has 37 heavy (non-hydrogen) atoms. The van der Waals surface area contributed by atoms with Crippen LogP contribution in [0.25, 0.3) is 5.69 Å². The number of rotatable bonds is 7. The summed E-state index contributed by atoms with van der Waals surface area (Å²) in [5.41, 5.74) is 0.473. The second-order valence-electron chi connectivity index (χ2n) is 8.75. The topological polar surface area (TPSA) is 111 Å². The van der Waals surface area contributed by atoms with Crippen molar-refractivity contribution in [3.8, 4) is 11.4 Å². The predicted molar refractivity (Wildman–Crippen MR) is 125 cm³/mol. The number of carboxylic acid groups (broad SMARTS) is 1. The molecule has 1 aliphatic rings. The lowest BCUT2D eigenvalue weighted by atomic mass is 9.78. The van der Waals surface area contributed by atoms with Crippen LogP contribution in [-0.4, -0.2) is 42.6 Å². The molecule has 198 valence electrons. The molecule has 2 aromatic carbocycles. The highest BCUT2D eigenvalue weighted by Gasteiger charge is 2.41. The van der Waals surface area contributed by atoms with Gasteiger partial charge in [0, 0.05) is 6.07 Å². The first-order chi connectivity index (χ1) is 17.4. The van der Waals surface area contributed by atoms with E-state index in [-0.39, 0.29) is 35.1 Å². The minimum Gasteiger partial charge on any atom is -0.495 e. The van der Waals surface area contributed by atoms with E-state index in [1.54, 1.807) is 24.3 Å². The highest BCUT2D eigenvalue weighted by molar-refractivity contribution is 7.92. The summed E-state index contributed by atoms with van der Waals surface area (Å²) in [6.07, 6.45) is -0.770. The number of carbonyl (C=O) groups is 1. The Morgan fingerprint density at radius 1 is 1.14 bits per heavy atom. The van der Waals surface area contributed by atoms with Crippen molar-refractivity contribution in [1.29, 1.82) is 0 Å². The average molecular weight is 542 g/mol. The van der Waals surface area contributed by atoms with Gasteiger partial charge in [0.25, 0.3) is 10.0 Å². The summed E-state index contributed by atoms with van der Waals surface area (Å²) in [5, 5.41) is 13.1. The van der Waals surface area contributed by atoms with Gasteiger partial charge in [-0.2, -0.15) is 18.3 Å². The fraction of sp³-hybridized carbons (Fsp3) is 0.333. The number of hydrogen-bond acceptors (Lipinski definition) is 5. The number of ether oxygens (including phenoxy) is 1. The number of sulfonamides is 1. The van der Waals surface area contributed by atoms with Gasteiger partial charge < -0.3 is 9.84 Å². The number of carboxylic acids is 1. The molecule has 1 fully saturated rings. The number of benzene rings is 2. The summed E-state index contributed by atoms with van der Waals surface area (Å²) in [7, 11) is -3.06. The number of aromatic carboxylic acids is 1. The van der Waals surface area contributed by atoms with Crippen molar-refractivity contribution in [3.63, 3.8) is 0 Å². The zero-order chi connectivity index (χ0) is 27.0. The van der Waals surface area contributed by atoms with E-state index in [1.807, 2.05) is 0 Å². The van der Waals surface area contributed by atoms with Crippen molar-refractivity contribution >= 4 is 21.7 Å². The number of nitrogens with zero attached hydrogens (tertiary/aromatic N) is 2. The lowest BCUT2D eigenvalue weighted by molar-refractivity contribution is -0.182. The van der Waals surface area contributed by atoms with E-state index in [0.29, 0.717) is 24.6 Å². The van der Waals surface area contributed by atoms with Gasteiger partial charge in [0.05, 0.1) is 42.4 Å². The van der Waals surface area contributed by atoms with Crippen LogP contribution >= 0.6 is 0 Å². The molecule has 1 aromatic heterocycles.